The first kappa shape index (κ1) is 20.1. The zero-order valence-corrected chi connectivity index (χ0v) is 17.3. The molecule has 1 N–H and O–H groups in total. The molecule has 0 spiro atoms. The zero-order chi connectivity index (χ0) is 20.8. The standard InChI is InChI=1S/C23H23N3O3S/c27-21(24-18-7-4-5-8-18)16-29-22(28)13-12-17-15-26(19-9-2-1-3-10-19)25-23(17)20-11-6-14-30-20/h1-3,6,9-15,18H,4-5,7-8,16H2,(H,24,27). The van der Waals surface area contributed by atoms with Crippen LogP contribution in [-0.4, -0.2) is 34.3 Å². The molecule has 154 valence electrons. The number of amides is 1. The molecule has 2 heterocycles. The summed E-state index contributed by atoms with van der Waals surface area (Å²) in [5, 5.41) is 9.58. The number of benzene rings is 1. The summed E-state index contributed by atoms with van der Waals surface area (Å²) in [6.07, 6.45) is 9.16. The van der Waals surface area contributed by atoms with Gasteiger partial charge in [-0.15, -0.1) is 11.3 Å². The highest BCUT2D eigenvalue weighted by molar-refractivity contribution is 7.13. The van der Waals surface area contributed by atoms with Crippen molar-refractivity contribution in [1.29, 1.82) is 0 Å². The summed E-state index contributed by atoms with van der Waals surface area (Å²) in [5.74, 6) is -0.805. The van der Waals surface area contributed by atoms with Crippen molar-refractivity contribution in [3.05, 3.63) is 65.7 Å². The van der Waals surface area contributed by atoms with Crippen molar-refractivity contribution >= 4 is 29.3 Å². The van der Waals surface area contributed by atoms with Crippen LogP contribution in [-0.2, 0) is 14.3 Å². The van der Waals surface area contributed by atoms with E-state index >= 15 is 0 Å². The third kappa shape index (κ3) is 5.04. The van der Waals surface area contributed by atoms with Gasteiger partial charge in [0.15, 0.2) is 6.61 Å². The van der Waals surface area contributed by atoms with E-state index in [1.54, 1.807) is 22.1 Å². The van der Waals surface area contributed by atoms with E-state index in [4.69, 9.17) is 9.84 Å². The molecule has 30 heavy (non-hydrogen) atoms. The maximum absolute atomic E-state index is 12.1. The molecule has 4 rings (SSSR count). The van der Waals surface area contributed by atoms with Gasteiger partial charge in [0.1, 0.15) is 5.69 Å². The van der Waals surface area contributed by atoms with Crippen LogP contribution < -0.4 is 5.32 Å². The molecular formula is C23H23N3O3S. The van der Waals surface area contributed by atoms with Gasteiger partial charge in [-0.05, 0) is 42.5 Å². The molecular weight excluding hydrogens is 398 g/mol. The fourth-order valence-corrected chi connectivity index (χ4v) is 4.24. The van der Waals surface area contributed by atoms with Gasteiger partial charge in [0.25, 0.3) is 5.91 Å². The van der Waals surface area contributed by atoms with Gasteiger partial charge in [-0.2, -0.15) is 5.10 Å². The second-order valence-corrected chi connectivity index (χ2v) is 8.13. The summed E-state index contributed by atoms with van der Waals surface area (Å²) < 4.78 is 6.88. The average Bonchev–Trinajstić information content (AvgIpc) is 3.53. The molecule has 2 aromatic heterocycles. The predicted octanol–water partition coefficient (Wildman–Crippen LogP) is 4.22. The summed E-state index contributed by atoms with van der Waals surface area (Å²) in [6, 6.07) is 14.0. The Morgan fingerprint density at radius 3 is 2.70 bits per heavy atom. The molecule has 6 nitrogen and oxygen atoms in total. The van der Waals surface area contributed by atoms with E-state index in [-0.39, 0.29) is 18.6 Å². The number of hydrogen-bond acceptors (Lipinski definition) is 5. The minimum absolute atomic E-state index is 0.212. The molecule has 1 saturated carbocycles. The summed E-state index contributed by atoms with van der Waals surface area (Å²) in [4.78, 5) is 25.1. The maximum atomic E-state index is 12.1. The Morgan fingerprint density at radius 1 is 1.17 bits per heavy atom. The van der Waals surface area contributed by atoms with Crippen LogP contribution in [0.15, 0.2) is 60.1 Å². The lowest BCUT2D eigenvalue weighted by atomic mass is 10.2. The smallest absolute Gasteiger partial charge is 0.331 e. The van der Waals surface area contributed by atoms with Crippen LogP contribution in [0, 0.1) is 0 Å². The fourth-order valence-electron chi connectivity index (χ4n) is 3.51. The molecule has 3 aromatic rings. The van der Waals surface area contributed by atoms with Crippen molar-refractivity contribution in [2.45, 2.75) is 31.7 Å². The summed E-state index contributed by atoms with van der Waals surface area (Å²) in [7, 11) is 0. The van der Waals surface area contributed by atoms with E-state index in [9.17, 15) is 9.59 Å². The van der Waals surface area contributed by atoms with Gasteiger partial charge in [-0.1, -0.05) is 37.1 Å². The normalized spacial score (nSPS) is 14.3. The molecule has 7 heteroatoms. The van der Waals surface area contributed by atoms with Crippen LogP contribution in [0.25, 0.3) is 22.3 Å². The van der Waals surface area contributed by atoms with Crippen molar-refractivity contribution in [2.24, 2.45) is 0 Å². The Balaban J connectivity index is 1.43. The molecule has 0 atom stereocenters. The number of carbonyl (C=O) groups excluding carboxylic acids is 2. The van der Waals surface area contributed by atoms with E-state index in [0.29, 0.717) is 0 Å². The summed E-state index contributed by atoms with van der Waals surface area (Å²) in [6.45, 7) is -0.263. The molecule has 1 aliphatic rings. The Morgan fingerprint density at radius 2 is 1.97 bits per heavy atom. The molecule has 0 bridgehead atoms. The number of rotatable bonds is 7. The number of aromatic nitrogens is 2. The number of nitrogens with one attached hydrogen (secondary N) is 1. The molecule has 0 radical (unpaired) electrons. The second-order valence-electron chi connectivity index (χ2n) is 7.18. The van der Waals surface area contributed by atoms with Crippen molar-refractivity contribution < 1.29 is 14.3 Å². The third-order valence-corrected chi connectivity index (χ3v) is 5.86. The Kier molecular flexibility index (Phi) is 6.39. The number of esters is 1. The number of hydrogen-bond donors (Lipinski definition) is 1. The van der Waals surface area contributed by atoms with Crippen LogP contribution in [0.5, 0.6) is 0 Å². The highest BCUT2D eigenvalue weighted by Crippen LogP contribution is 2.28. The first-order valence-electron chi connectivity index (χ1n) is 10.0. The van der Waals surface area contributed by atoms with Gasteiger partial charge in [-0.3, -0.25) is 4.79 Å². The predicted molar refractivity (Wildman–Crippen MR) is 117 cm³/mol. The van der Waals surface area contributed by atoms with Gasteiger partial charge in [0.05, 0.1) is 10.6 Å². The van der Waals surface area contributed by atoms with Crippen LogP contribution in [0.3, 0.4) is 0 Å². The minimum Gasteiger partial charge on any atom is -0.452 e. The van der Waals surface area contributed by atoms with E-state index < -0.39 is 5.97 Å². The van der Waals surface area contributed by atoms with E-state index in [1.165, 1.54) is 6.08 Å². The Bertz CT molecular complexity index is 1020. The Hall–Kier alpha value is -3.19. The molecule has 1 fully saturated rings. The first-order chi connectivity index (χ1) is 14.7. The second kappa shape index (κ2) is 9.54. The SMILES string of the molecule is O=C(COC(=O)C=Cc1cn(-c2ccccc2)nc1-c1cccs1)NC1CCCC1. The first-order valence-corrected chi connectivity index (χ1v) is 10.9. The van der Waals surface area contributed by atoms with E-state index in [1.807, 2.05) is 54.0 Å². The number of nitrogens with zero attached hydrogens (tertiary/aromatic N) is 2. The van der Waals surface area contributed by atoms with Crippen molar-refractivity contribution in [1.82, 2.24) is 15.1 Å². The highest BCUT2D eigenvalue weighted by Gasteiger charge is 2.17. The number of carbonyl (C=O) groups is 2. The largest absolute Gasteiger partial charge is 0.452 e. The minimum atomic E-state index is -0.554. The van der Waals surface area contributed by atoms with Gasteiger partial charge in [0.2, 0.25) is 0 Å². The van der Waals surface area contributed by atoms with Crippen molar-refractivity contribution in [2.75, 3.05) is 6.61 Å². The Labute approximate surface area is 179 Å². The van der Waals surface area contributed by atoms with Crippen LogP contribution in [0.4, 0.5) is 0 Å². The third-order valence-electron chi connectivity index (χ3n) is 4.98. The lowest BCUT2D eigenvalue weighted by Crippen LogP contribution is -2.35. The molecule has 0 aliphatic heterocycles. The van der Waals surface area contributed by atoms with Crippen molar-refractivity contribution in [3.63, 3.8) is 0 Å². The highest BCUT2D eigenvalue weighted by atomic mass is 32.1. The molecule has 1 aliphatic carbocycles. The summed E-state index contributed by atoms with van der Waals surface area (Å²) >= 11 is 1.58. The van der Waals surface area contributed by atoms with Gasteiger partial charge < -0.3 is 10.1 Å². The van der Waals surface area contributed by atoms with E-state index in [2.05, 4.69) is 5.32 Å². The molecule has 0 saturated heterocycles. The topological polar surface area (TPSA) is 73.2 Å². The molecule has 0 unspecified atom stereocenters. The van der Waals surface area contributed by atoms with Gasteiger partial charge in [0, 0.05) is 23.9 Å². The van der Waals surface area contributed by atoms with Crippen molar-refractivity contribution in [3.8, 4) is 16.3 Å². The lowest BCUT2D eigenvalue weighted by molar-refractivity contribution is -0.144. The zero-order valence-electron chi connectivity index (χ0n) is 16.5. The molecule has 1 aromatic carbocycles. The fraction of sp³-hybridized carbons (Fsp3) is 0.261. The number of thiophene rings is 1. The van der Waals surface area contributed by atoms with E-state index in [0.717, 1.165) is 47.5 Å². The summed E-state index contributed by atoms with van der Waals surface area (Å²) in [5.41, 5.74) is 2.52. The lowest BCUT2D eigenvalue weighted by Gasteiger charge is -2.11. The molecule has 1 amide bonds. The number of para-hydroxylation sites is 1. The van der Waals surface area contributed by atoms with Crippen LogP contribution >= 0.6 is 11.3 Å². The average molecular weight is 422 g/mol. The van der Waals surface area contributed by atoms with Gasteiger partial charge >= 0.3 is 5.97 Å². The van der Waals surface area contributed by atoms with Gasteiger partial charge in [-0.25, -0.2) is 9.48 Å². The quantitative estimate of drug-likeness (QED) is 0.458. The van der Waals surface area contributed by atoms with Crippen LogP contribution in [0.2, 0.25) is 0 Å². The van der Waals surface area contributed by atoms with Crippen LogP contribution in [0.1, 0.15) is 31.2 Å². The number of ether oxygens (including phenoxy) is 1. The maximum Gasteiger partial charge on any atom is 0.331 e. The monoisotopic (exact) mass is 421 g/mol.